The molecule has 0 aliphatic heterocycles. The molecule has 0 rings (SSSR count). The van der Waals surface area contributed by atoms with Crippen molar-refractivity contribution in [2.45, 2.75) is 271 Å². The smallest absolute Gasteiger partial charge is 0.306 e. The molecule has 0 heterocycles. The third-order valence-electron chi connectivity index (χ3n) is 10.9. The first-order chi connectivity index (χ1) is 28.0. The van der Waals surface area contributed by atoms with Gasteiger partial charge < -0.3 is 14.2 Å². The molecule has 0 bridgehead atoms. The van der Waals surface area contributed by atoms with Crippen molar-refractivity contribution in [2.75, 3.05) is 13.2 Å². The van der Waals surface area contributed by atoms with E-state index in [9.17, 15) is 14.4 Å². The summed E-state index contributed by atoms with van der Waals surface area (Å²) in [6.45, 7) is 6.61. The summed E-state index contributed by atoms with van der Waals surface area (Å²) in [7, 11) is 0. The van der Waals surface area contributed by atoms with Crippen LogP contribution in [0.2, 0.25) is 0 Å². The molecule has 0 atom stereocenters. The normalized spacial score (nSPS) is 12.1. The third kappa shape index (κ3) is 44.8. The second kappa shape index (κ2) is 46.6. The molecule has 334 valence electrons. The first-order valence-electron chi connectivity index (χ1n) is 24.8. The maximum absolute atomic E-state index is 12.7. The molecule has 0 unspecified atom stereocenters. The first-order valence-corrected chi connectivity index (χ1v) is 24.8. The van der Waals surface area contributed by atoms with Gasteiger partial charge in [-0.25, -0.2) is 0 Å². The number of rotatable bonds is 45. The van der Waals surface area contributed by atoms with Crippen molar-refractivity contribution in [1.82, 2.24) is 0 Å². The highest BCUT2D eigenvalue weighted by Crippen LogP contribution is 2.14. The van der Waals surface area contributed by atoms with Crippen LogP contribution in [-0.4, -0.2) is 37.2 Å². The van der Waals surface area contributed by atoms with Crippen molar-refractivity contribution < 1.29 is 28.6 Å². The number of ether oxygens (including phenoxy) is 3. The topological polar surface area (TPSA) is 78.9 Å². The molecule has 0 aromatic heterocycles. The standard InChI is InChI=1S/C51H94O6/c1-4-7-10-13-16-19-21-23-25-27-29-32-34-37-40-43-49(52)55-46-48(57-51(54)45-42-39-36-31-18-15-12-9-6-3)47-56-50(53)44-41-38-35-33-30-28-26-24-22-20-17-14-11-8-5-2/h23-26,48H,4-22,27-47H2,1-3H3. The fourth-order valence-corrected chi connectivity index (χ4v) is 7.14. The number of allylic oxidation sites excluding steroid dienone is 4. The lowest BCUT2D eigenvalue weighted by molar-refractivity contribution is -0.167. The van der Waals surface area contributed by atoms with Gasteiger partial charge in [-0.15, -0.1) is 0 Å². The molecule has 6 nitrogen and oxygen atoms in total. The molecule has 57 heavy (non-hydrogen) atoms. The molecule has 0 saturated carbocycles. The van der Waals surface area contributed by atoms with Crippen LogP contribution in [0, 0.1) is 0 Å². The summed E-state index contributed by atoms with van der Waals surface area (Å²) in [6.07, 6.45) is 51.6. The van der Waals surface area contributed by atoms with E-state index >= 15 is 0 Å². The van der Waals surface area contributed by atoms with E-state index in [1.54, 1.807) is 0 Å². The van der Waals surface area contributed by atoms with Crippen molar-refractivity contribution in [3.05, 3.63) is 24.3 Å². The predicted octanol–water partition coefficient (Wildman–Crippen LogP) is 16.0. The second-order valence-electron chi connectivity index (χ2n) is 16.7. The highest BCUT2D eigenvalue weighted by molar-refractivity contribution is 5.71. The van der Waals surface area contributed by atoms with Gasteiger partial charge in [0.2, 0.25) is 0 Å². The first kappa shape index (κ1) is 54.9. The van der Waals surface area contributed by atoms with Gasteiger partial charge in [0.25, 0.3) is 0 Å². The predicted molar refractivity (Wildman–Crippen MR) is 243 cm³/mol. The van der Waals surface area contributed by atoms with Gasteiger partial charge in [0, 0.05) is 19.3 Å². The monoisotopic (exact) mass is 803 g/mol. The van der Waals surface area contributed by atoms with Crippen LogP contribution < -0.4 is 0 Å². The van der Waals surface area contributed by atoms with Gasteiger partial charge in [-0.1, -0.05) is 199 Å². The van der Waals surface area contributed by atoms with E-state index < -0.39 is 6.10 Å². The summed E-state index contributed by atoms with van der Waals surface area (Å²) in [4.78, 5) is 37.8. The van der Waals surface area contributed by atoms with Crippen molar-refractivity contribution in [1.29, 1.82) is 0 Å². The van der Waals surface area contributed by atoms with Gasteiger partial charge in [-0.2, -0.15) is 0 Å². The minimum atomic E-state index is -0.771. The van der Waals surface area contributed by atoms with Crippen LogP contribution in [0.4, 0.5) is 0 Å². The highest BCUT2D eigenvalue weighted by Gasteiger charge is 2.19. The summed E-state index contributed by atoms with van der Waals surface area (Å²) in [5.41, 5.74) is 0. The molecule has 0 aromatic rings. The fourth-order valence-electron chi connectivity index (χ4n) is 7.14. The minimum absolute atomic E-state index is 0.0753. The number of hydrogen-bond donors (Lipinski definition) is 0. The Labute approximate surface area is 353 Å². The van der Waals surface area contributed by atoms with Crippen LogP contribution in [-0.2, 0) is 28.6 Å². The molecule has 0 N–H and O–H groups in total. The zero-order chi connectivity index (χ0) is 41.5. The SMILES string of the molecule is CCCCCCCCC=CCCCCCCCC(=O)OCC(COC(=O)CCCCCCCC=CCCCCCCCC)OC(=O)CCCCCCCCCCC. The Balaban J connectivity index is 4.31. The Morgan fingerprint density at radius 1 is 0.333 bits per heavy atom. The maximum Gasteiger partial charge on any atom is 0.306 e. The molecule has 0 aliphatic carbocycles. The number of esters is 3. The molecule has 0 radical (unpaired) electrons. The lowest BCUT2D eigenvalue weighted by atomic mass is 10.1. The van der Waals surface area contributed by atoms with Crippen LogP contribution in [0.1, 0.15) is 265 Å². The molecule has 0 fully saturated rings. The van der Waals surface area contributed by atoms with Gasteiger partial charge in [-0.3, -0.25) is 14.4 Å². The average molecular weight is 803 g/mol. The molecular weight excluding hydrogens is 709 g/mol. The summed E-state index contributed by atoms with van der Waals surface area (Å²) in [5.74, 6) is -0.885. The molecule has 0 aliphatic rings. The van der Waals surface area contributed by atoms with Crippen LogP contribution >= 0.6 is 0 Å². The summed E-state index contributed by atoms with van der Waals surface area (Å²) < 4.78 is 16.7. The lowest BCUT2D eigenvalue weighted by Gasteiger charge is -2.18. The molecule has 0 aromatic carbocycles. The summed E-state index contributed by atoms with van der Waals surface area (Å²) in [5, 5.41) is 0. The third-order valence-corrected chi connectivity index (χ3v) is 10.9. The number of carbonyl (C=O) groups is 3. The fraction of sp³-hybridized carbons (Fsp3) is 0.863. The van der Waals surface area contributed by atoms with Gasteiger partial charge in [-0.05, 0) is 70.6 Å². The minimum Gasteiger partial charge on any atom is -0.462 e. The Hall–Kier alpha value is -2.11. The van der Waals surface area contributed by atoms with Crippen molar-refractivity contribution >= 4 is 17.9 Å². The van der Waals surface area contributed by atoms with E-state index in [4.69, 9.17) is 14.2 Å². The van der Waals surface area contributed by atoms with Crippen LogP contribution in [0.25, 0.3) is 0 Å². The van der Waals surface area contributed by atoms with E-state index in [-0.39, 0.29) is 31.1 Å². The maximum atomic E-state index is 12.7. The summed E-state index contributed by atoms with van der Waals surface area (Å²) in [6, 6.07) is 0. The Morgan fingerprint density at radius 3 is 0.877 bits per heavy atom. The van der Waals surface area contributed by atoms with Crippen molar-refractivity contribution in [2.24, 2.45) is 0 Å². The Morgan fingerprint density at radius 2 is 0.579 bits per heavy atom. The van der Waals surface area contributed by atoms with Crippen LogP contribution in [0.5, 0.6) is 0 Å². The average Bonchev–Trinajstić information content (AvgIpc) is 3.21. The van der Waals surface area contributed by atoms with Gasteiger partial charge in [0.05, 0.1) is 0 Å². The quantitative estimate of drug-likeness (QED) is 0.0264. The van der Waals surface area contributed by atoms with Gasteiger partial charge in [0.1, 0.15) is 13.2 Å². The zero-order valence-electron chi connectivity index (χ0n) is 38.1. The number of carbonyl (C=O) groups excluding carboxylic acids is 3. The van der Waals surface area contributed by atoms with Gasteiger partial charge >= 0.3 is 17.9 Å². The molecule has 6 heteroatoms. The largest absolute Gasteiger partial charge is 0.462 e. The molecule has 0 saturated heterocycles. The van der Waals surface area contributed by atoms with E-state index in [1.165, 1.54) is 154 Å². The molecular formula is C51H94O6. The number of hydrogen-bond acceptors (Lipinski definition) is 6. The summed E-state index contributed by atoms with van der Waals surface area (Å²) >= 11 is 0. The van der Waals surface area contributed by atoms with Crippen LogP contribution in [0.3, 0.4) is 0 Å². The van der Waals surface area contributed by atoms with Crippen LogP contribution in [0.15, 0.2) is 24.3 Å². The molecule has 0 amide bonds. The molecule has 0 spiro atoms. The highest BCUT2D eigenvalue weighted by atomic mass is 16.6. The lowest BCUT2D eigenvalue weighted by Crippen LogP contribution is -2.30. The zero-order valence-corrected chi connectivity index (χ0v) is 38.1. The van der Waals surface area contributed by atoms with Crippen molar-refractivity contribution in [3.63, 3.8) is 0 Å². The van der Waals surface area contributed by atoms with Crippen molar-refractivity contribution in [3.8, 4) is 0 Å². The van der Waals surface area contributed by atoms with E-state index in [1.807, 2.05) is 0 Å². The van der Waals surface area contributed by atoms with E-state index in [0.717, 1.165) is 70.6 Å². The Kier molecular flexibility index (Phi) is 44.9. The Bertz CT molecular complexity index is 871. The van der Waals surface area contributed by atoms with Gasteiger partial charge in [0.15, 0.2) is 6.10 Å². The van der Waals surface area contributed by atoms with E-state index in [2.05, 4.69) is 45.1 Å². The van der Waals surface area contributed by atoms with E-state index in [0.29, 0.717) is 19.3 Å². The number of unbranched alkanes of at least 4 members (excludes halogenated alkanes) is 30. The second-order valence-corrected chi connectivity index (χ2v) is 16.7.